The van der Waals surface area contributed by atoms with Gasteiger partial charge in [0.1, 0.15) is 0 Å². The van der Waals surface area contributed by atoms with Crippen molar-refractivity contribution in [2.75, 3.05) is 36.0 Å². The van der Waals surface area contributed by atoms with Crippen LogP contribution >= 0.6 is 11.3 Å². The molecule has 0 atom stereocenters. The van der Waals surface area contributed by atoms with Crippen LogP contribution in [-0.2, 0) is 0 Å². The molecule has 4 nitrogen and oxygen atoms in total. The first-order chi connectivity index (χ1) is 9.76. The van der Waals surface area contributed by atoms with E-state index in [-0.39, 0.29) is 0 Å². The van der Waals surface area contributed by atoms with Crippen LogP contribution in [0, 0.1) is 6.92 Å². The molecule has 1 aliphatic heterocycles. The fourth-order valence-electron chi connectivity index (χ4n) is 2.46. The maximum absolute atomic E-state index is 10.7. The minimum Gasteiger partial charge on any atom is -0.368 e. The van der Waals surface area contributed by atoms with Crippen LogP contribution < -0.4 is 9.80 Å². The van der Waals surface area contributed by atoms with Gasteiger partial charge in [-0.2, -0.15) is 0 Å². The topological polar surface area (TPSA) is 36.4 Å². The summed E-state index contributed by atoms with van der Waals surface area (Å²) < 4.78 is 0. The lowest BCUT2D eigenvalue weighted by atomic mass is 10.2. The molecule has 1 aromatic heterocycles. The Bertz CT molecular complexity index is 603. The molecule has 2 heterocycles. The summed E-state index contributed by atoms with van der Waals surface area (Å²) >= 11 is 1.47. The molecule has 0 bridgehead atoms. The Labute approximate surface area is 122 Å². The second kappa shape index (κ2) is 5.63. The van der Waals surface area contributed by atoms with Gasteiger partial charge in [0, 0.05) is 31.9 Å². The van der Waals surface area contributed by atoms with E-state index in [0.29, 0.717) is 4.88 Å². The molecule has 0 saturated carbocycles. The van der Waals surface area contributed by atoms with Gasteiger partial charge in [-0.3, -0.25) is 4.79 Å². The van der Waals surface area contributed by atoms with Crippen molar-refractivity contribution in [3.63, 3.8) is 0 Å². The summed E-state index contributed by atoms with van der Waals surface area (Å²) in [5.74, 6) is 0. The molecule has 20 heavy (non-hydrogen) atoms. The van der Waals surface area contributed by atoms with Crippen molar-refractivity contribution in [1.82, 2.24) is 4.98 Å². The third-order valence-electron chi connectivity index (χ3n) is 3.54. The number of thiazole rings is 1. The summed E-state index contributed by atoms with van der Waals surface area (Å²) in [4.78, 5) is 20.4. The van der Waals surface area contributed by atoms with Gasteiger partial charge in [0.25, 0.3) is 0 Å². The zero-order valence-electron chi connectivity index (χ0n) is 11.5. The lowest BCUT2D eigenvalue weighted by Gasteiger charge is -2.36. The van der Waals surface area contributed by atoms with Crippen LogP contribution in [0.3, 0.4) is 0 Å². The normalized spacial score (nSPS) is 15.4. The number of aryl methyl sites for hydroxylation is 1. The van der Waals surface area contributed by atoms with Crippen molar-refractivity contribution in [1.29, 1.82) is 0 Å². The Morgan fingerprint density at radius 3 is 2.60 bits per heavy atom. The molecule has 1 aromatic carbocycles. The van der Waals surface area contributed by atoms with Crippen LogP contribution in [0.2, 0.25) is 0 Å². The minimum atomic E-state index is 0.695. The Balaban J connectivity index is 1.66. The number of carbonyl (C=O) groups is 1. The van der Waals surface area contributed by atoms with Crippen LogP contribution in [0.25, 0.3) is 0 Å². The first-order valence-corrected chi connectivity index (χ1v) is 7.55. The van der Waals surface area contributed by atoms with E-state index in [9.17, 15) is 4.79 Å². The largest absolute Gasteiger partial charge is 0.368 e. The molecular formula is C15H17N3OS. The van der Waals surface area contributed by atoms with Gasteiger partial charge >= 0.3 is 0 Å². The van der Waals surface area contributed by atoms with E-state index in [2.05, 4.69) is 46.0 Å². The highest BCUT2D eigenvalue weighted by Gasteiger charge is 2.19. The number of aromatic nitrogens is 1. The van der Waals surface area contributed by atoms with Crippen molar-refractivity contribution in [3.05, 3.63) is 40.9 Å². The molecule has 1 fully saturated rings. The number of benzene rings is 1. The molecule has 3 rings (SSSR count). The highest BCUT2D eigenvalue weighted by Crippen LogP contribution is 2.24. The third-order valence-corrected chi connectivity index (χ3v) is 4.53. The number of nitrogens with zero attached hydrogens (tertiary/aromatic N) is 3. The Morgan fingerprint density at radius 1 is 1.20 bits per heavy atom. The van der Waals surface area contributed by atoms with E-state index in [1.807, 2.05) is 0 Å². The number of piperazine rings is 1. The van der Waals surface area contributed by atoms with E-state index < -0.39 is 0 Å². The van der Waals surface area contributed by atoms with Crippen molar-refractivity contribution >= 4 is 28.4 Å². The molecule has 0 amide bonds. The SMILES string of the molecule is Cc1cccc(N2CCN(c3ncc(C=O)s3)CC2)c1. The number of rotatable bonds is 3. The summed E-state index contributed by atoms with van der Waals surface area (Å²) in [6, 6.07) is 8.62. The van der Waals surface area contributed by atoms with Gasteiger partial charge in [-0.25, -0.2) is 4.98 Å². The number of anilines is 2. The number of carbonyl (C=O) groups excluding carboxylic acids is 1. The number of aldehydes is 1. The van der Waals surface area contributed by atoms with Crippen molar-refractivity contribution in [2.24, 2.45) is 0 Å². The Kier molecular flexibility index (Phi) is 3.69. The fraction of sp³-hybridized carbons (Fsp3) is 0.333. The van der Waals surface area contributed by atoms with Crippen molar-refractivity contribution in [3.8, 4) is 0 Å². The fourth-order valence-corrected chi connectivity index (χ4v) is 3.24. The molecule has 0 N–H and O–H groups in total. The average molecular weight is 287 g/mol. The van der Waals surface area contributed by atoms with Crippen LogP contribution in [0.15, 0.2) is 30.5 Å². The van der Waals surface area contributed by atoms with E-state index >= 15 is 0 Å². The summed E-state index contributed by atoms with van der Waals surface area (Å²) in [6.07, 6.45) is 2.52. The summed E-state index contributed by atoms with van der Waals surface area (Å²) in [5, 5.41) is 0.955. The molecule has 1 saturated heterocycles. The highest BCUT2D eigenvalue weighted by atomic mass is 32.1. The van der Waals surface area contributed by atoms with Crippen LogP contribution in [0.5, 0.6) is 0 Å². The predicted molar refractivity (Wildman–Crippen MR) is 83.1 cm³/mol. The van der Waals surface area contributed by atoms with Crippen LogP contribution in [0.1, 0.15) is 15.2 Å². The monoisotopic (exact) mass is 287 g/mol. The van der Waals surface area contributed by atoms with Gasteiger partial charge in [-0.05, 0) is 24.6 Å². The van der Waals surface area contributed by atoms with Gasteiger partial charge in [0.05, 0.1) is 11.1 Å². The standard InChI is InChI=1S/C15H17N3OS/c1-12-3-2-4-13(9-12)17-5-7-18(8-6-17)15-16-10-14(11-19)20-15/h2-4,9-11H,5-8H2,1H3. The summed E-state index contributed by atoms with van der Waals surface area (Å²) in [7, 11) is 0. The molecule has 0 unspecified atom stereocenters. The van der Waals surface area contributed by atoms with Gasteiger partial charge in [0.15, 0.2) is 11.4 Å². The summed E-state index contributed by atoms with van der Waals surface area (Å²) in [5.41, 5.74) is 2.58. The van der Waals surface area contributed by atoms with Crippen molar-refractivity contribution in [2.45, 2.75) is 6.92 Å². The highest BCUT2D eigenvalue weighted by molar-refractivity contribution is 7.17. The van der Waals surface area contributed by atoms with Crippen LogP contribution in [-0.4, -0.2) is 37.4 Å². The summed E-state index contributed by atoms with van der Waals surface area (Å²) in [6.45, 7) is 5.98. The third kappa shape index (κ3) is 2.67. The number of hydrogen-bond acceptors (Lipinski definition) is 5. The van der Waals surface area contributed by atoms with Gasteiger partial charge in [0.2, 0.25) is 0 Å². The van der Waals surface area contributed by atoms with Crippen LogP contribution in [0.4, 0.5) is 10.8 Å². The number of hydrogen-bond donors (Lipinski definition) is 0. The minimum absolute atomic E-state index is 0.695. The lowest BCUT2D eigenvalue weighted by Crippen LogP contribution is -2.46. The Morgan fingerprint density at radius 2 is 1.95 bits per heavy atom. The maximum atomic E-state index is 10.7. The van der Waals surface area contributed by atoms with E-state index in [1.54, 1.807) is 6.20 Å². The van der Waals surface area contributed by atoms with Gasteiger partial charge < -0.3 is 9.80 Å². The molecule has 104 valence electrons. The quantitative estimate of drug-likeness (QED) is 0.813. The van der Waals surface area contributed by atoms with E-state index in [4.69, 9.17) is 0 Å². The Hall–Kier alpha value is -1.88. The van der Waals surface area contributed by atoms with E-state index in [1.165, 1.54) is 22.6 Å². The molecule has 0 spiro atoms. The lowest BCUT2D eigenvalue weighted by molar-refractivity contribution is 0.112. The zero-order valence-corrected chi connectivity index (χ0v) is 12.3. The smallest absolute Gasteiger partial charge is 0.186 e. The first kappa shape index (κ1) is 13.1. The second-order valence-corrected chi connectivity index (χ2v) is 6.02. The first-order valence-electron chi connectivity index (χ1n) is 6.74. The molecule has 5 heteroatoms. The maximum Gasteiger partial charge on any atom is 0.186 e. The average Bonchev–Trinajstić information content (AvgIpc) is 2.96. The molecule has 2 aromatic rings. The zero-order chi connectivity index (χ0) is 13.9. The van der Waals surface area contributed by atoms with E-state index in [0.717, 1.165) is 37.6 Å². The van der Waals surface area contributed by atoms with Crippen molar-refractivity contribution < 1.29 is 4.79 Å². The molecular weight excluding hydrogens is 270 g/mol. The predicted octanol–water partition coefficient (Wildman–Crippen LogP) is 2.59. The molecule has 0 aliphatic carbocycles. The van der Waals surface area contributed by atoms with Gasteiger partial charge in [-0.15, -0.1) is 0 Å². The molecule has 1 aliphatic rings. The molecule has 0 radical (unpaired) electrons. The second-order valence-electron chi connectivity index (χ2n) is 4.98. The van der Waals surface area contributed by atoms with Gasteiger partial charge in [-0.1, -0.05) is 23.5 Å².